The Hall–Kier alpha value is -2.40. The molecular formula is C19H22N2O2S. The first-order valence-corrected chi connectivity index (χ1v) is 8.58. The second kappa shape index (κ2) is 7.45. The second-order valence-corrected chi connectivity index (χ2v) is 7.52. The second-order valence-electron chi connectivity index (χ2n) is 6.57. The summed E-state index contributed by atoms with van der Waals surface area (Å²) in [4.78, 5) is 24.8. The quantitative estimate of drug-likeness (QED) is 0.658. The van der Waals surface area contributed by atoms with E-state index in [-0.39, 0.29) is 17.2 Å². The number of aryl methyl sites for hydroxylation is 1. The molecule has 0 bridgehead atoms. The first kappa shape index (κ1) is 17.9. The van der Waals surface area contributed by atoms with Gasteiger partial charge in [-0.2, -0.15) is 0 Å². The van der Waals surface area contributed by atoms with Crippen LogP contribution in [-0.2, 0) is 10.2 Å². The number of carbonyl (C=O) groups excluding carboxylic acids is 2. The van der Waals surface area contributed by atoms with E-state index in [1.165, 1.54) is 6.08 Å². The maximum atomic E-state index is 12.0. The minimum atomic E-state index is -0.373. The SMILES string of the molecule is Cc1ccsc1/C=C/C(=O)NNC(=O)c1ccc(C(C)(C)C)cc1. The summed E-state index contributed by atoms with van der Waals surface area (Å²) in [6.07, 6.45) is 3.14. The highest BCUT2D eigenvalue weighted by Gasteiger charge is 2.14. The zero-order valence-corrected chi connectivity index (χ0v) is 15.2. The number of hydrogen-bond acceptors (Lipinski definition) is 3. The molecule has 0 aliphatic rings. The Kier molecular flexibility index (Phi) is 5.57. The molecule has 1 aromatic carbocycles. The van der Waals surface area contributed by atoms with Crippen molar-refractivity contribution in [1.29, 1.82) is 0 Å². The Morgan fingerprint density at radius 1 is 1.04 bits per heavy atom. The van der Waals surface area contributed by atoms with Crippen LogP contribution in [0.15, 0.2) is 41.8 Å². The molecule has 0 atom stereocenters. The van der Waals surface area contributed by atoms with Gasteiger partial charge < -0.3 is 0 Å². The Morgan fingerprint density at radius 3 is 2.25 bits per heavy atom. The van der Waals surface area contributed by atoms with Gasteiger partial charge >= 0.3 is 0 Å². The Balaban J connectivity index is 1.89. The molecule has 24 heavy (non-hydrogen) atoms. The van der Waals surface area contributed by atoms with Crippen molar-refractivity contribution >= 4 is 29.2 Å². The lowest BCUT2D eigenvalue weighted by Gasteiger charge is -2.19. The summed E-state index contributed by atoms with van der Waals surface area (Å²) in [5.41, 5.74) is 7.61. The van der Waals surface area contributed by atoms with Crippen LogP contribution in [0.2, 0.25) is 0 Å². The summed E-state index contributed by atoms with van der Waals surface area (Å²) >= 11 is 1.56. The van der Waals surface area contributed by atoms with Crippen molar-refractivity contribution in [1.82, 2.24) is 10.9 Å². The van der Waals surface area contributed by atoms with Gasteiger partial charge in [0.25, 0.3) is 11.8 Å². The van der Waals surface area contributed by atoms with Gasteiger partial charge in [-0.3, -0.25) is 20.4 Å². The van der Waals surface area contributed by atoms with Crippen molar-refractivity contribution in [3.05, 3.63) is 63.4 Å². The van der Waals surface area contributed by atoms with Crippen molar-refractivity contribution in [2.45, 2.75) is 33.1 Å². The van der Waals surface area contributed by atoms with E-state index < -0.39 is 0 Å². The maximum Gasteiger partial charge on any atom is 0.269 e. The van der Waals surface area contributed by atoms with Gasteiger partial charge in [0.2, 0.25) is 0 Å². The number of hydrazine groups is 1. The Bertz CT molecular complexity index is 752. The fourth-order valence-electron chi connectivity index (χ4n) is 2.06. The molecule has 0 fully saturated rings. The molecule has 2 rings (SSSR count). The maximum absolute atomic E-state index is 12.0. The summed E-state index contributed by atoms with van der Waals surface area (Å²) in [5, 5.41) is 1.97. The third kappa shape index (κ3) is 4.80. The van der Waals surface area contributed by atoms with E-state index >= 15 is 0 Å². The largest absolute Gasteiger partial charge is 0.269 e. The molecule has 126 valence electrons. The average Bonchev–Trinajstić information content (AvgIpc) is 2.95. The zero-order valence-electron chi connectivity index (χ0n) is 14.3. The lowest BCUT2D eigenvalue weighted by Crippen LogP contribution is -2.40. The first-order chi connectivity index (χ1) is 11.3. The van der Waals surface area contributed by atoms with Gasteiger partial charge in [0.1, 0.15) is 0 Å². The summed E-state index contributed by atoms with van der Waals surface area (Å²) < 4.78 is 0. The lowest BCUT2D eigenvalue weighted by atomic mass is 9.87. The summed E-state index contributed by atoms with van der Waals surface area (Å²) in [5.74, 6) is -0.716. The predicted octanol–water partition coefficient (Wildman–Crippen LogP) is 3.83. The van der Waals surface area contributed by atoms with Crippen LogP contribution in [0.1, 0.15) is 47.1 Å². The third-order valence-electron chi connectivity index (χ3n) is 3.60. The van der Waals surface area contributed by atoms with Crippen molar-refractivity contribution in [2.75, 3.05) is 0 Å². The van der Waals surface area contributed by atoms with Gasteiger partial charge in [0.05, 0.1) is 0 Å². The molecular weight excluding hydrogens is 320 g/mol. The molecule has 0 saturated carbocycles. The number of benzene rings is 1. The lowest BCUT2D eigenvalue weighted by molar-refractivity contribution is -0.117. The van der Waals surface area contributed by atoms with E-state index in [2.05, 4.69) is 31.6 Å². The van der Waals surface area contributed by atoms with E-state index in [0.717, 1.165) is 16.0 Å². The summed E-state index contributed by atoms with van der Waals surface area (Å²) in [6.45, 7) is 8.33. The van der Waals surface area contributed by atoms with Crippen molar-refractivity contribution in [2.24, 2.45) is 0 Å². The third-order valence-corrected chi connectivity index (χ3v) is 4.58. The van der Waals surface area contributed by atoms with Crippen molar-refractivity contribution < 1.29 is 9.59 Å². The van der Waals surface area contributed by atoms with Gasteiger partial charge in [-0.15, -0.1) is 11.3 Å². The van der Waals surface area contributed by atoms with E-state index in [1.54, 1.807) is 29.5 Å². The van der Waals surface area contributed by atoms with Gasteiger partial charge in [-0.05, 0) is 53.1 Å². The Morgan fingerprint density at radius 2 is 1.71 bits per heavy atom. The van der Waals surface area contributed by atoms with Crippen molar-refractivity contribution in [3.63, 3.8) is 0 Å². The first-order valence-electron chi connectivity index (χ1n) is 7.70. The molecule has 2 amide bonds. The van der Waals surface area contributed by atoms with Crippen LogP contribution in [0.3, 0.4) is 0 Å². The highest BCUT2D eigenvalue weighted by Crippen LogP contribution is 2.22. The van der Waals surface area contributed by atoms with Crippen LogP contribution in [0.25, 0.3) is 6.08 Å². The fraction of sp³-hybridized carbons (Fsp3) is 0.263. The van der Waals surface area contributed by atoms with Gasteiger partial charge in [0, 0.05) is 16.5 Å². The number of nitrogens with one attached hydrogen (secondary N) is 2. The number of hydrogen-bond donors (Lipinski definition) is 2. The van der Waals surface area contributed by atoms with Gasteiger partial charge in [-0.25, -0.2) is 0 Å². The summed E-state index contributed by atoms with van der Waals surface area (Å²) in [6, 6.07) is 9.36. The Labute approximate surface area is 146 Å². The van der Waals surface area contributed by atoms with E-state index in [4.69, 9.17) is 0 Å². The molecule has 1 aromatic heterocycles. The summed E-state index contributed by atoms with van der Waals surface area (Å²) in [7, 11) is 0. The number of thiophene rings is 1. The molecule has 0 saturated heterocycles. The average molecular weight is 342 g/mol. The normalized spacial score (nSPS) is 11.5. The molecule has 0 spiro atoms. The molecule has 2 N–H and O–H groups in total. The topological polar surface area (TPSA) is 58.2 Å². The number of rotatable bonds is 3. The highest BCUT2D eigenvalue weighted by molar-refractivity contribution is 7.11. The standard InChI is InChI=1S/C19H22N2O2S/c1-13-11-12-24-16(13)9-10-17(22)20-21-18(23)14-5-7-15(8-6-14)19(2,3)4/h5-12H,1-4H3,(H,20,22)(H,21,23)/b10-9+. The minimum absolute atomic E-state index is 0.0357. The monoisotopic (exact) mass is 342 g/mol. The number of carbonyl (C=O) groups is 2. The molecule has 0 aliphatic heterocycles. The van der Waals surface area contributed by atoms with E-state index in [1.807, 2.05) is 30.5 Å². The van der Waals surface area contributed by atoms with Crippen LogP contribution >= 0.6 is 11.3 Å². The molecule has 0 aliphatic carbocycles. The smallest absolute Gasteiger partial charge is 0.268 e. The van der Waals surface area contributed by atoms with Crippen LogP contribution in [0, 0.1) is 6.92 Å². The minimum Gasteiger partial charge on any atom is -0.268 e. The van der Waals surface area contributed by atoms with Crippen LogP contribution in [0.4, 0.5) is 0 Å². The van der Waals surface area contributed by atoms with Crippen molar-refractivity contribution in [3.8, 4) is 0 Å². The van der Waals surface area contributed by atoms with Crippen LogP contribution in [0.5, 0.6) is 0 Å². The molecule has 0 unspecified atom stereocenters. The predicted molar refractivity (Wildman–Crippen MR) is 98.8 cm³/mol. The van der Waals surface area contributed by atoms with E-state index in [9.17, 15) is 9.59 Å². The van der Waals surface area contributed by atoms with Gasteiger partial charge in [-0.1, -0.05) is 32.9 Å². The van der Waals surface area contributed by atoms with E-state index in [0.29, 0.717) is 5.56 Å². The molecule has 4 nitrogen and oxygen atoms in total. The van der Waals surface area contributed by atoms with Crippen LogP contribution < -0.4 is 10.9 Å². The highest BCUT2D eigenvalue weighted by atomic mass is 32.1. The molecule has 0 radical (unpaired) electrons. The molecule has 5 heteroatoms. The van der Waals surface area contributed by atoms with Gasteiger partial charge in [0.15, 0.2) is 0 Å². The number of amides is 2. The van der Waals surface area contributed by atoms with Crippen LogP contribution in [-0.4, -0.2) is 11.8 Å². The molecule has 2 aromatic rings. The molecule has 1 heterocycles. The zero-order chi connectivity index (χ0) is 17.7. The fourth-order valence-corrected chi connectivity index (χ4v) is 2.88.